The normalized spacial score (nSPS) is 28.6. The molecule has 0 bridgehead atoms. The Hall–Kier alpha value is -0.120. The lowest BCUT2D eigenvalue weighted by molar-refractivity contribution is 0.0594. The minimum absolute atomic E-state index is 0.168. The van der Waals surface area contributed by atoms with Crippen LogP contribution in [0, 0.1) is 0 Å². The van der Waals surface area contributed by atoms with E-state index in [-0.39, 0.29) is 12.7 Å². The van der Waals surface area contributed by atoms with E-state index in [2.05, 4.69) is 11.8 Å². The molecule has 3 heteroatoms. The van der Waals surface area contributed by atoms with Gasteiger partial charge in [-0.05, 0) is 32.2 Å². The van der Waals surface area contributed by atoms with E-state index >= 15 is 0 Å². The summed E-state index contributed by atoms with van der Waals surface area (Å²) in [5.41, 5.74) is 0. The third-order valence-corrected chi connectivity index (χ3v) is 2.81. The SMILES string of the molecule is CCCN(CCO)[C@H]1CCC[C@@H]1O. The largest absolute Gasteiger partial charge is 0.395 e. The van der Waals surface area contributed by atoms with Crippen molar-refractivity contribution >= 4 is 0 Å². The highest BCUT2D eigenvalue weighted by Crippen LogP contribution is 2.23. The van der Waals surface area contributed by atoms with Crippen molar-refractivity contribution in [1.29, 1.82) is 0 Å². The molecule has 13 heavy (non-hydrogen) atoms. The maximum atomic E-state index is 9.69. The molecule has 1 aliphatic carbocycles. The van der Waals surface area contributed by atoms with Crippen molar-refractivity contribution < 1.29 is 10.2 Å². The van der Waals surface area contributed by atoms with Crippen molar-refractivity contribution in [3.05, 3.63) is 0 Å². The van der Waals surface area contributed by atoms with Gasteiger partial charge in [-0.3, -0.25) is 4.90 Å². The number of hydrogen-bond donors (Lipinski definition) is 2. The Kier molecular flexibility index (Phi) is 4.70. The van der Waals surface area contributed by atoms with E-state index in [9.17, 15) is 5.11 Å². The fraction of sp³-hybridized carbons (Fsp3) is 1.00. The first-order valence-corrected chi connectivity index (χ1v) is 5.32. The van der Waals surface area contributed by atoms with Gasteiger partial charge in [-0.1, -0.05) is 6.92 Å². The Morgan fingerprint density at radius 2 is 2.08 bits per heavy atom. The predicted molar refractivity (Wildman–Crippen MR) is 52.6 cm³/mol. The summed E-state index contributed by atoms with van der Waals surface area (Å²) in [4.78, 5) is 2.22. The molecule has 0 heterocycles. The molecule has 2 atom stereocenters. The number of hydrogen-bond acceptors (Lipinski definition) is 3. The number of aliphatic hydroxyl groups is 2. The second kappa shape index (κ2) is 5.58. The van der Waals surface area contributed by atoms with E-state index in [1.807, 2.05) is 0 Å². The number of nitrogens with zero attached hydrogens (tertiary/aromatic N) is 1. The summed E-state index contributed by atoms with van der Waals surface area (Å²) >= 11 is 0. The lowest BCUT2D eigenvalue weighted by atomic mass is 10.1. The van der Waals surface area contributed by atoms with Gasteiger partial charge in [0, 0.05) is 12.6 Å². The van der Waals surface area contributed by atoms with Crippen LogP contribution in [0.5, 0.6) is 0 Å². The second-order valence-electron chi connectivity index (χ2n) is 3.83. The monoisotopic (exact) mass is 187 g/mol. The van der Waals surface area contributed by atoms with E-state index in [4.69, 9.17) is 5.11 Å². The van der Waals surface area contributed by atoms with Crippen molar-refractivity contribution in [2.75, 3.05) is 19.7 Å². The quantitative estimate of drug-likeness (QED) is 0.662. The van der Waals surface area contributed by atoms with E-state index in [0.717, 1.165) is 32.2 Å². The zero-order valence-electron chi connectivity index (χ0n) is 8.45. The van der Waals surface area contributed by atoms with Gasteiger partial charge in [0.25, 0.3) is 0 Å². The number of aliphatic hydroxyl groups excluding tert-OH is 2. The summed E-state index contributed by atoms with van der Waals surface area (Å²) in [5.74, 6) is 0. The highest BCUT2D eigenvalue weighted by molar-refractivity contribution is 4.84. The molecule has 1 fully saturated rings. The third kappa shape index (κ3) is 2.93. The van der Waals surface area contributed by atoms with Crippen LogP contribution in [0.3, 0.4) is 0 Å². The standard InChI is InChI=1S/C10H21NO2/c1-2-6-11(7-8-12)9-4-3-5-10(9)13/h9-10,12-13H,2-8H2,1H3/t9-,10-/m0/s1. The van der Waals surface area contributed by atoms with Gasteiger partial charge in [0.1, 0.15) is 0 Å². The van der Waals surface area contributed by atoms with Crippen molar-refractivity contribution in [2.24, 2.45) is 0 Å². The predicted octanol–water partition coefficient (Wildman–Crippen LogP) is 0.604. The Morgan fingerprint density at radius 1 is 1.31 bits per heavy atom. The first kappa shape index (κ1) is 11.0. The molecule has 2 N–H and O–H groups in total. The molecule has 1 saturated carbocycles. The second-order valence-corrected chi connectivity index (χ2v) is 3.83. The molecule has 0 aromatic heterocycles. The van der Waals surface area contributed by atoms with Crippen LogP contribution >= 0.6 is 0 Å². The van der Waals surface area contributed by atoms with E-state index in [1.165, 1.54) is 0 Å². The molecule has 0 unspecified atom stereocenters. The van der Waals surface area contributed by atoms with E-state index in [0.29, 0.717) is 12.6 Å². The molecule has 0 aliphatic heterocycles. The van der Waals surface area contributed by atoms with Gasteiger partial charge in [-0.25, -0.2) is 0 Å². The maximum absolute atomic E-state index is 9.69. The lowest BCUT2D eigenvalue weighted by Gasteiger charge is -2.29. The van der Waals surface area contributed by atoms with Crippen molar-refractivity contribution in [3.8, 4) is 0 Å². The van der Waals surface area contributed by atoms with Gasteiger partial charge < -0.3 is 10.2 Å². The molecular weight excluding hydrogens is 166 g/mol. The van der Waals surface area contributed by atoms with Crippen LogP contribution < -0.4 is 0 Å². The molecule has 0 spiro atoms. The smallest absolute Gasteiger partial charge is 0.0695 e. The molecule has 0 aromatic rings. The van der Waals surface area contributed by atoms with Crippen LogP contribution in [0.4, 0.5) is 0 Å². The minimum Gasteiger partial charge on any atom is -0.395 e. The van der Waals surface area contributed by atoms with Gasteiger partial charge in [0.15, 0.2) is 0 Å². The molecule has 0 aromatic carbocycles. The molecular formula is C10H21NO2. The van der Waals surface area contributed by atoms with Crippen LogP contribution in [-0.2, 0) is 0 Å². The summed E-state index contributed by atoms with van der Waals surface area (Å²) in [6, 6.07) is 0.298. The van der Waals surface area contributed by atoms with Gasteiger partial charge in [0.2, 0.25) is 0 Å². The van der Waals surface area contributed by atoms with E-state index in [1.54, 1.807) is 0 Å². The summed E-state index contributed by atoms with van der Waals surface area (Å²) in [7, 11) is 0. The molecule has 0 radical (unpaired) electrons. The van der Waals surface area contributed by atoms with Crippen LogP contribution in [0.2, 0.25) is 0 Å². The summed E-state index contributed by atoms with van der Waals surface area (Å²) in [6.45, 7) is 4.02. The van der Waals surface area contributed by atoms with Gasteiger partial charge in [0.05, 0.1) is 12.7 Å². The van der Waals surface area contributed by atoms with Crippen molar-refractivity contribution in [1.82, 2.24) is 4.90 Å². The third-order valence-electron chi connectivity index (χ3n) is 2.81. The minimum atomic E-state index is -0.168. The average Bonchev–Trinajstić information content (AvgIpc) is 2.51. The van der Waals surface area contributed by atoms with Crippen LogP contribution in [0.25, 0.3) is 0 Å². The first-order chi connectivity index (χ1) is 6.29. The molecule has 0 saturated heterocycles. The van der Waals surface area contributed by atoms with E-state index < -0.39 is 0 Å². The van der Waals surface area contributed by atoms with Crippen LogP contribution in [0.1, 0.15) is 32.6 Å². The van der Waals surface area contributed by atoms with Gasteiger partial charge >= 0.3 is 0 Å². The summed E-state index contributed by atoms with van der Waals surface area (Å²) in [5, 5.41) is 18.6. The summed E-state index contributed by atoms with van der Waals surface area (Å²) < 4.78 is 0. The molecule has 1 rings (SSSR count). The Bertz CT molecular complexity index is 135. The average molecular weight is 187 g/mol. The molecule has 1 aliphatic rings. The van der Waals surface area contributed by atoms with Crippen LogP contribution in [0.15, 0.2) is 0 Å². The summed E-state index contributed by atoms with van der Waals surface area (Å²) in [6.07, 6.45) is 4.05. The molecule has 0 amide bonds. The Morgan fingerprint density at radius 3 is 2.54 bits per heavy atom. The van der Waals surface area contributed by atoms with Crippen LogP contribution in [-0.4, -0.2) is 47.0 Å². The van der Waals surface area contributed by atoms with Gasteiger partial charge in [-0.15, -0.1) is 0 Å². The maximum Gasteiger partial charge on any atom is 0.0695 e. The molecule has 78 valence electrons. The zero-order chi connectivity index (χ0) is 9.68. The first-order valence-electron chi connectivity index (χ1n) is 5.32. The number of rotatable bonds is 5. The van der Waals surface area contributed by atoms with Crippen molar-refractivity contribution in [3.63, 3.8) is 0 Å². The van der Waals surface area contributed by atoms with Crippen molar-refractivity contribution in [2.45, 2.75) is 44.8 Å². The fourth-order valence-electron chi connectivity index (χ4n) is 2.21. The topological polar surface area (TPSA) is 43.7 Å². The fourth-order valence-corrected chi connectivity index (χ4v) is 2.21. The molecule has 3 nitrogen and oxygen atoms in total. The Balaban J connectivity index is 2.42. The zero-order valence-corrected chi connectivity index (χ0v) is 8.45. The van der Waals surface area contributed by atoms with Gasteiger partial charge in [-0.2, -0.15) is 0 Å². The lowest BCUT2D eigenvalue weighted by Crippen LogP contribution is -2.42. The Labute approximate surface area is 80.4 Å². The highest BCUT2D eigenvalue weighted by Gasteiger charge is 2.29. The highest BCUT2D eigenvalue weighted by atomic mass is 16.3.